The fraction of sp³-hybridized carbons (Fsp3) is 0.400. The lowest BCUT2D eigenvalue weighted by molar-refractivity contribution is 0.316. The average Bonchev–Trinajstić information content (AvgIpc) is 2.44. The molecule has 0 saturated carbocycles. The molecule has 4 nitrogen and oxygen atoms in total. The molecule has 114 valence electrons. The molecule has 0 fully saturated rings. The second-order valence-corrected chi connectivity index (χ2v) is 7.88. The minimum absolute atomic E-state index is 0.0750. The van der Waals surface area contributed by atoms with E-state index in [0.717, 1.165) is 5.39 Å². The number of sulfonamides is 1. The van der Waals surface area contributed by atoms with Crippen molar-refractivity contribution in [1.29, 1.82) is 0 Å². The zero-order chi connectivity index (χ0) is 15.8. The summed E-state index contributed by atoms with van der Waals surface area (Å²) in [5.41, 5.74) is 0.681. The molecule has 1 aromatic carbocycles. The Balaban J connectivity index is 2.47. The van der Waals surface area contributed by atoms with E-state index in [1.807, 2.05) is 20.8 Å². The zero-order valence-corrected chi connectivity index (χ0v) is 14.1. The lowest BCUT2D eigenvalue weighted by atomic mass is 10.1. The lowest BCUT2D eigenvalue weighted by Crippen LogP contribution is -2.38. The first-order valence-electron chi connectivity index (χ1n) is 6.78. The Morgan fingerprint density at radius 3 is 2.43 bits per heavy atom. The number of hydrogen-bond acceptors (Lipinski definition) is 3. The van der Waals surface area contributed by atoms with Crippen LogP contribution in [0.25, 0.3) is 10.9 Å². The van der Waals surface area contributed by atoms with Crippen molar-refractivity contribution in [1.82, 2.24) is 9.29 Å². The topological polar surface area (TPSA) is 50.3 Å². The molecule has 0 bridgehead atoms. The van der Waals surface area contributed by atoms with Crippen LogP contribution >= 0.6 is 11.6 Å². The van der Waals surface area contributed by atoms with E-state index < -0.39 is 10.0 Å². The Morgan fingerprint density at radius 2 is 1.81 bits per heavy atom. The summed E-state index contributed by atoms with van der Waals surface area (Å²) in [5.74, 6) is 0.241. The standard InChI is InChI=1S/C15H19ClN2O2S/c1-10(2)11(3)18(4)21(19,20)13-6-7-14-12(9-13)5-8-15(16)17-14/h5-11H,1-4H3. The minimum atomic E-state index is -3.51. The summed E-state index contributed by atoms with van der Waals surface area (Å²) >= 11 is 5.84. The zero-order valence-electron chi connectivity index (χ0n) is 12.5. The molecule has 0 aliphatic carbocycles. The Bertz CT molecular complexity index is 759. The van der Waals surface area contributed by atoms with Crippen molar-refractivity contribution < 1.29 is 8.42 Å². The van der Waals surface area contributed by atoms with Crippen LogP contribution in [-0.4, -0.2) is 30.8 Å². The van der Waals surface area contributed by atoms with Crippen LogP contribution in [0.2, 0.25) is 5.15 Å². The highest BCUT2D eigenvalue weighted by molar-refractivity contribution is 7.89. The lowest BCUT2D eigenvalue weighted by Gasteiger charge is -2.27. The van der Waals surface area contributed by atoms with E-state index in [2.05, 4.69) is 4.98 Å². The first-order valence-corrected chi connectivity index (χ1v) is 8.59. The Hall–Kier alpha value is -1.17. The van der Waals surface area contributed by atoms with Crippen LogP contribution < -0.4 is 0 Å². The van der Waals surface area contributed by atoms with Gasteiger partial charge < -0.3 is 0 Å². The van der Waals surface area contributed by atoms with Crippen molar-refractivity contribution in [3.63, 3.8) is 0 Å². The van der Waals surface area contributed by atoms with Gasteiger partial charge in [0.05, 0.1) is 10.4 Å². The maximum atomic E-state index is 12.7. The third-order valence-corrected chi connectivity index (χ3v) is 5.99. The van der Waals surface area contributed by atoms with E-state index >= 15 is 0 Å². The molecule has 1 aromatic heterocycles. The molecular formula is C15H19ClN2O2S. The van der Waals surface area contributed by atoms with Crippen molar-refractivity contribution in [2.24, 2.45) is 5.92 Å². The number of fused-ring (bicyclic) bond motifs is 1. The molecule has 0 spiro atoms. The van der Waals surface area contributed by atoms with Gasteiger partial charge in [0.2, 0.25) is 10.0 Å². The smallest absolute Gasteiger partial charge is 0.236 e. The van der Waals surface area contributed by atoms with Gasteiger partial charge in [-0.2, -0.15) is 4.31 Å². The van der Waals surface area contributed by atoms with E-state index in [1.54, 1.807) is 37.4 Å². The van der Waals surface area contributed by atoms with Crippen molar-refractivity contribution in [2.45, 2.75) is 31.7 Å². The maximum Gasteiger partial charge on any atom is 0.243 e. The number of halogens is 1. The first-order chi connectivity index (χ1) is 9.73. The van der Waals surface area contributed by atoms with Gasteiger partial charge in [0.15, 0.2) is 0 Å². The van der Waals surface area contributed by atoms with E-state index in [9.17, 15) is 8.42 Å². The summed E-state index contributed by atoms with van der Waals surface area (Å²) in [7, 11) is -1.90. The molecule has 21 heavy (non-hydrogen) atoms. The molecule has 0 saturated heterocycles. The van der Waals surface area contributed by atoms with Gasteiger partial charge in [0, 0.05) is 18.5 Å². The number of rotatable bonds is 4. The Labute approximate surface area is 130 Å². The highest BCUT2D eigenvalue weighted by atomic mass is 35.5. The molecule has 2 rings (SSSR count). The molecule has 0 radical (unpaired) electrons. The van der Waals surface area contributed by atoms with E-state index in [-0.39, 0.29) is 16.9 Å². The number of aromatic nitrogens is 1. The highest BCUT2D eigenvalue weighted by Crippen LogP contribution is 2.24. The predicted molar refractivity (Wildman–Crippen MR) is 86.0 cm³/mol. The fourth-order valence-electron chi connectivity index (χ4n) is 2.04. The molecule has 6 heteroatoms. The van der Waals surface area contributed by atoms with Crippen molar-refractivity contribution in [2.75, 3.05) is 7.05 Å². The van der Waals surface area contributed by atoms with Crippen LogP contribution in [0.5, 0.6) is 0 Å². The second-order valence-electron chi connectivity index (χ2n) is 5.49. The van der Waals surface area contributed by atoms with Crippen molar-refractivity contribution in [3.05, 3.63) is 35.5 Å². The van der Waals surface area contributed by atoms with Crippen LogP contribution in [0.1, 0.15) is 20.8 Å². The Kier molecular flexibility index (Phi) is 4.56. The molecule has 1 unspecified atom stereocenters. The SMILES string of the molecule is CC(C)C(C)N(C)S(=O)(=O)c1ccc2nc(Cl)ccc2c1. The van der Waals surface area contributed by atoms with Crippen LogP contribution in [0, 0.1) is 5.92 Å². The monoisotopic (exact) mass is 326 g/mol. The quantitative estimate of drug-likeness (QED) is 0.807. The summed E-state index contributed by atoms with van der Waals surface area (Å²) < 4.78 is 26.8. The van der Waals surface area contributed by atoms with Gasteiger partial charge in [0.1, 0.15) is 5.15 Å². The molecule has 0 N–H and O–H groups in total. The third-order valence-electron chi connectivity index (χ3n) is 3.84. The number of pyridine rings is 1. The first kappa shape index (κ1) is 16.2. The van der Waals surface area contributed by atoms with Gasteiger partial charge >= 0.3 is 0 Å². The normalized spacial score (nSPS) is 14.0. The summed E-state index contributed by atoms with van der Waals surface area (Å²) in [6, 6.07) is 8.24. The van der Waals surface area contributed by atoms with Crippen LogP contribution in [-0.2, 0) is 10.0 Å². The largest absolute Gasteiger partial charge is 0.243 e. The predicted octanol–water partition coefficient (Wildman–Crippen LogP) is 3.55. The van der Waals surface area contributed by atoms with E-state index in [1.165, 1.54) is 4.31 Å². The molecule has 0 amide bonds. The summed E-state index contributed by atoms with van der Waals surface area (Å²) in [6.45, 7) is 5.91. The third kappa shape index (κ3) is 3.20. The maximum absolute atomic E-state index is 12.7. The van der Waals surface area contributed by atoms with Gasteiger partial charge in [0.25, 0.3) is 0 Å². The molecule has 2 aromatic rings. The molecular weight excluding hydrogens is 308 g/mol. The van der Waals surface area contributed by atoms with Gasteiger partial charge in [-0.1, -0.05) is 25.4 Å². The minimum Gasteiger partial charge on any atom is -0.236 e. The van der Waals surface area contributed by atoms with Gasteiger partial charge in [-0.15, -0.1) is 0 Å². The van der Waals surface area contributed by atoms with E-state index in [4.69, 9.17) is 11.6 Å². The second kappa shape index (κ2) is 5.91. The average molecular weight is 327 g/mol. The highest BCUT2D eigenvalue weighted by Gasteiger charge is 2.27. The molecule has 0 aliphatic rings. The van der Waals surface area contributed by atoms with Crippen LogP contribution in [0.3, 0.4) is 0 Å². The van der Waals surface area contributed by atoms with Gasteiger partial charge in [-0.25, -0.2) is 13.4 Å². The summed E-state index contributed by atoms with van der Waals surface area (Å²) in [6.07, 6.45) is 0. The number of nitrogens with zero attached hydrogens (tertiary/aromatic N) is 2. The van der Waals surface area contributed by atoms with Crippen molar-refractivity contribution >= 4 is 32.5 Å². The van der Waals surface area contributed by atoms with Gasteiger partial charge in [-0.3, -0.25) is 0 Å². The van der Waals surface area contributed by atoms with E-state index in [0.29, 0.717) is 10.7 Å². The number of benzene rings is 1. The van der Waals surface area contributed by atoms with Crippen molar-refractivity contribution in [3.8, 4) is 0 Å². The summed E-state index contributed by atoms with van der Waals surface area (Å²) in [4.78, 5) is 4.44. The molecule has 1 heterocycles. The molecule has 1 atom stereocenters. The van der Waals surface area contributed by atoms with Gasteiger partial charge in [-0.05, 0) is 43.2 Å². The molecule has 0 aliphatic heterocycles. The van der Waals surface area contributed by atoms with Crippen LogP contribution in [0.15, 0.2) is 35.2 Å². The summed E-state index contributed by atoms with van der Waals surface area (Å²) in [5, 5.41) is 1.15. The number of hydrogen-bond donors (Lipinski definition) is 0. The fourth-order valence-corrected chi connectivity index (χ4v) is 3.73. The van der Waals surface area contributed by atoms with Crippen LogP contribution in [0.4, 0.5) is 0 Å². The Morgan fingerprint density at radius 1 is 1.14 bits per heavy atom.